The maximum atomic E-state index is 12.9. The molecule has 140 valence electrons. The second kappa shape index (κ2) is 6.07. The summed E-state index contributed by atoms with van der Waals surface area (Å²) in [6.45, 7) is 5.03. The first kappa shape index (κ1) is 17.5. The van der Waals surface area contributed by atoms with Crippen LogP contribution >= 0.6 is 0 Å². The molecule has 0 radical (unpaired) electrons. The highest BCUT2D eigenvalue weighted by molar-refractivity contribution is 7.90. The number of ether oxygens (including phenoxy) is 2. The molecule has 1 amide bonds. The van der Waals surface area contributed by atoms with Gasteiger partial charge in [-0.15, -0.1) is 0 Å². The van der Waals surface area contributed by atoms with E-state index in [0.717, 1.165) is 0 Å². The Morgan fingerprint density at radius 2 is 2.12 bits per heavy atom. The average molecular weight is 378 g/mol. The molecule has 0 unspecified atom stereocenters. The van der Waals surface area contributed by atoms with Crippen LogP contribution in [0.25, 0.3) is 0 Å². The first-order valence-corrected chi connectivity index (χ1v) is 10.1. The van der Waals surface area contributed by atoms with Gasteiger partial charge in [0.15, 0.2) is 0 Å². The van der Waals surface area contributed by atoms with Crippen LogP contribution in [0.4, 0.5) is 0 Å². The first-order valence-electron chi connectivity index (χ1n) is 8.62. The van der Waals surface area contributed by atoms with Gasteiger partial charge in [-0.25, -0.2) is 12.7 Å². The van der Waals surface area contributed by atoms with E-state index in [0.29, 0.717) is 44.0 Å². The maximum absolute atomic E-state index is 12.9. The molecule has 0 aliphatic carbocycles. The van der Waals surface area contributed by atoms with Crippen molar-refractivity contribution < 1.29 is 22.7 Å². The molecule has 3 fully saturated rings. The summed E-state index contributed by atoms with van der Waals surface area (Å²) >= 11 is 0. The van der Waals surface area contributed by atoms with Gasteiger partial charge in [0.2, 0.25) is 10.0 Å². The van der Waals surface area contributed by atoms with Crippen molar-refractivity contribution in [2.45, 2.75) is 23.4 Å². The smallest absolute Gasteiger partial charge is 0.254 e. The lowest BCUT2D eigenvalue weighted by Crippen LogP contribution is -2.56. The fraction of sp³-hybridized carbons (Fsp3) is 0.500. The predicted molar refractivity (Wildman–Crippen MR) is 95.6 cm³/mol. The lowest BCUT2D eigenvalue weighted by Gasteiger charge is -2.39. The molecular weight excluding hydrogens is 356 g/mol. The number of hydrogen-bond donors (Lipinski definition) is 0. The summed E-state index contributed by atoms with van der Waals surface area (Å²) in [6, 6.07) is 6.96. The normalized spacial score (nSPS) is 32.3. The van der Waals surface area contributed by atoms with Gasteiger partial charge in [-0.1, -0.05) is 12.7 Å². The lowest BCUT2D eigenvalue weighted by atomic mass is 9.99. The van der Waals surface area contributed by atoms with Crippen LogP contribution in [-0.2, 0) is 14.8 Å². The van der Waals surface area contributed by atoms with Gasteiger partial charge in [0, 0.05) is 25.7 Å². The molecule has 3 heterocycles. The molecule has 3 aliphatic rings. The van der Waals surface area contributed by atoms with Crippen LogP contribution in [0.5, 0.6) is 5.75 Å². The van der Waals surface area contributed by atoms with E-state index in [9.17, 15) is 13.2 Å². The number of benzene rings is 1. The molecule has 4 rings (SSSR count). The molecule has 3 atom stereocenters. The fourth-order valence-electron chi connectivity index (χ4n) is 4.25. The molecule has 1 aromatic rings. The first-order chi connectivity index (χ1) is 12.4. The Labute approximate surface area is 153 Å². The monoisotopic (exact) mass is 378 g/mol. The van der Waals surface area contributed by atoms with Crippen molar-refractivity contribution in [3.8, 4) is 5.75 Å². The van der Waals surface area contributed by atoms with Crippen LogP contribution < -0.4 is 4.74 Å². The van der Waals surface area contributed by atoms with Gasteiger partial charge < -0.3 is 14.4 Å². The number of likely N-dealkylation sites (N-methyl/N-ethyl adjacent to an activating group) is 1. The van der Waals surface area contributed by atoms with Gasteiger partial charge in [-0.3, -0.25) is 4.79 Å². The molecule has 1 spiro atoms. The minimum atomic E-state index is -3.35. The Morgan fingerprint density at radius 3 is 2.81 bits per heavy atom. The number of likely N-dealkylation sites (tertiary alicyclic amines) is 1. The van der Waals surface area contributed by atoms with Crippen LogP contribution in [0, 0.1) is 0 Å². The van der Waals surface area contributed by atoms with Crippen LogP contribution in [0.3, 0.4) is 0 Å². The van der Waals surface area contributed by atoms with Crippen molar-refractivity contribution in [1.82, 2.24) is 9.21 Å². The number of hydrogen-bond acceptors (Lipinski definition) is 5. The predicted octanol–water partition coefficient (Wildman–Crippen LogP) is 0.879. The lowest BCUT2D eigenvalue weighted by molar-refractivity contribution is -0.0966. The van der Waals surface area contributed by atoms with Crippen LogP contribution in [0.1, 0.15) is 16.8 Å². The van der Waals surface area contributed by atoms with E-state index in [1.807, 2.05) is 0 Å². The number of morpholine rings is 1. The van der Waals surface area contributed by atoms with Gasteiger partial charge >= 0.3 is 0 Å². The van der Waals surface area contributed by atoms with Crippen molar-refractivity contribution in [2.75, 3.05) is 33.3 Å². The zero-order valence-electron chi connectivity index (χ0n) is 14.6. The number of nitrogens with zero attached hydrogens (tertiary/aromatic N) is 2. The van der Waals surface area contributed by atoms with Crippen molar-refractivity contribution in [3.63, 3.8) is 0 Å². The summed E-state index contributed by atoms with van der Waals surface area (Å²) in [5, 5.41) is -0.558. The van der Waals surface area contributed by atoms with E-state index in [2.05, 4.69) is 6.58 Å². The maximum Gasteiger partial charge on any atom is 0.254 e. The Bertz CT molecular complexity index is 838. The van der Waals surface area contributed by atoms with Crippen molar-refractivity contribution >= 4 is 15.9 Å². The third-order valence-electron chi connectivity index (χ3n) is 5.39. The summed E-state index contributed by atoms with van der Waals surface area (Å²) in [7, 11) is -1.78. The van der Waals surface area contributed by atoms with Crippen LogP contribution in [-0.4, -0.2) is 73.8 Å². The molecular formula is C18H22N2O5S. The van der Waals surface area contributed by atoms with E-state index in [1.165, 1.54) is 4.31 Å². The Kier molecular flexibility index (Phi) is 4.09. The van der Waals surface area contributed by atoms with Gasteiger partial charge in [0.05, 0.1) is 12.6 Å². The quantitative estimate of drug-likeness (QED) is 0.727. The largest absolute Gasteiger partial charge is 0.490 e. The number of rotatable bonds is 4. The Morgan fingerprint density at radius 1 is 1.38 bits per heavy atom. The molecule has 2 bridgehead atoms. The third-order valence-corrected chi connectivity index (χ3v) is 7.73. The molecule has 0 saturated carbocycles. The molecule has 3 saturated heterocycles. The second-order valence-corrected chi connectivity index (χ2v) is 9.36. The number of amides is 1. The number of carbonyl (C=O) groups is 1. The topological polar surface area (TPSA) is 76.2 Å². The standard InChI is InChI=1S/C18H22N2O5S/c1-3-8-24-14-6-4-13(5-7-14)17(21)20-10-15-9-16-18(12-20,25-15)11-19(2)26(16,22)23/h3-7,15-16H,1,8-12H2,2H3/t15-,16+,18-/m1/s1. The number of sulfonamides is 1. The van der Waals surface area contributed by atoms with E-state index in [-0.39, 0.29) is 12.0 Å². The van der Waals surface area contributed by atoms with Crippen LogP contribution in [0.15, 0.2) is 36.9 Å². The number of carbonyl (C=O) groups excluding carboxylic acids is 1. The Hall–Kier alpha value is -1.90. The highest BCUT2D eigenvalue weighted by Crippen LogP contribution is 2.46. The fourth-order valence-corrected chi connectivity index (χ4v) is 6.28. The molecule has 0 N–H and O–H groups in total. The van der Waals surface area contributed by atoms with E-state index in [1.54, 1.807) is 42.3 Å². The average Bonchev–Trinajstić information content (AvgIpc) is 2.98. The molecule has 8 heteroatoms. The van der Waals surface area contributed by atoms with Gasteiger partial charge in [-0.2, -0.15) is 0 Å². The van der Waals surface area contributed by atoms with Gasteiger partial charge in [0.25, 0.3) is 5.91 Å². The second-order valence-electron chi connectivity index (χ2n) is 7.14. The summed E-state index contributed by atoms with van der Waals surface area (Å²) in [6.07, 6.45) is 1.88. The Balaban J connectivity index is 1.53. The van der Waals surface area contributed by atoms with E-state index >= 15 is 0 Å². The van der Waals surface area contributed by atoms with Crippen molar-refractivity contribution in [1.29, 1.82) is 0 Å². The van der Waals surface area contributed by atoms with E-state index < -0.39 is 20.9 Å². The zero-order valence-corrected chi connectivity index (χ0v) is 15.4. The summed E-state index contributed by atoms with van der Waals surface area (Å²) in [5.41, 5.74) is -0.251. The molecule has 1 aromatic carbocycles. The minimum absolute atomic E-state index is 0.111. The molecule has 3 aliphatic heterocycles. The summed E-state index contributed by atoms with van der Waals surface area (Å²) in [5.74, 6) is 0.561. The van der Waals surface area contributed by atoms with E-state index in [4.69, 9.17) is 9.47 Å². The highest BCUT2D eigenvalue weighted by Gasteiger charge is 2.64. The minimum Gasteiger partial charge on any atom is -0.490 e. The third kappa shape index (κ3) is 2.64. The zero-order chi connectivity index (χ0) is 18.5. The molecule has 0 aromatic heterocycles. The summed E-state index contributed by atoms with van der Waals surface area (Å²) in [4.78, 5) is 14.6. The van der Waals surface area contributed by atoms with Crippen molar-refractivity contribution in [3.05, 3.63) is 42.5 Å². The number of fused-ring (bicyclic) bond motifs is 1. The van der Waals surface area contributed by atoms with Crippen LogP contribution in [0.2, 0.25) is 0 Å². The molecule has 7 nitrogen and oxygen atoms in total. The highest BCUT2D eigenvalue weighted by atomic mass is 32.2. The molecule has 26 heavy (non-hydrogen) atoms. The summed E-state index contributed by atoms with van der Waals surface area (Å²) < 4.78 is 37.8. The SMILES string of the molecule is C=CCOc1ccc(C(=O)N2C[C@H]3C[C@H]4[C@](C2)(CN(C)S4(=O)=O)O3)cc1. The van der Waals surface area contributed by atoms with Crippen molar-refractivity contribution in [2.24, 2.45) is 0 Å². The van der Waals surface area contributed by atoms with Gasteiger partial charge in [-0.05, 0) is 30.7 Å². The van der Waals surface area contributed by atoms with Gasteiger partial charge in [0.1, 0.15) is 23.2 Å².